The topological polar surface area (TPSA) is 43.8 Å². The maximum Gasteiger partial charge on any atom is 0.0635 e. The highest BCUT2D eigenvalue weighted by molar-refractivity contribution is 9.10. The SMILES string of the molecule is CC(CN)C(C)c1c(Br)cnn1C(C)C. The quantitative estimate of drug-likeness (QED) is 0.917. The Labute approximate surface area is 100 Å². The molecule has 0 saturated carbocycles. The standard InChI is InChI=1S/C11H20BrN3/c1-7(2)15-11(10(12)6-14-15)9(4)8(3)5-13/h6-9H,5,13H2,1-4H3. The minimum absolute atomic E-state index is 0.388. The van der Waals surface area contributed by atoms with E-state index in [1.807, 2.05) is 6.20 Å². The normalized spacial score (nSPS) is 15.7. The summed E-state index contributed by atoms with van der Waals surface area (Å²) in [5.41, 5.74) is 6.96. The van der Waals surface area contributed by atoms with Gasteiger partial charge in [0.2, 0.25) is 0 Å². The van der Waals surface area contributed by atoms with Crippen LogP contribution in [0, 0.1) is 5.92 Å². The van der Waals surface area contributed by atoms with Gasteiger partial charge in [0.25, 0.3) is 0 Å². The van der Waals surface area contributed by atoms with Crippen molar-refractivity contribution in [2.75, 3.05) is 6.54 Å². The van der Waals surface area contributed by atoms with E-state index in [1.165, 1.54) is 5.69 Å². The van der Waals surface area contributed by atoms with E-state index in [0.717, 1.165) is 4.47 Å². The van der Waals surface area contributed by atoms with Gasteiger partial charge >= 0.3 is 0 Å². The molecule has 0 fully saturated rings. The van der Waals surface area contributed by atoms with Gasteiger partial charge in [-0.15, -0.1) is 0 Å². The first-order chi connectivity index (χ1) is 6.99. The Morgan fingerprint density at radius 3 is 2.47 bits per heavy atom. The lowest BCUT2D eigenvalue weighted by atomic mass is 9.93. The number of hydrogen-bond donors (Lipinski definition) is 1. The van der Waals surface area contributed by atoms with Gasteiger partial charge in [0, 0.05) is 12.0 Å². The molecule has 4 heteroatoms. The van der Waals surface area contributed by atoms with Crippen LogP contribution in [0.1, 0.15) is 45.3 Å². The molecule has 15 heavy (non-hydrogen) atoms. The van der Waals surface area contributed by atoms with Crippen LogP contribution in [-0.2, 0) is 0 Å². The molecular weight excluding hydrogens is 254 g/mol. The predicted molar refractivity (Wildman–Crippen MR) is 66.9 cm³/mol. The third kappa shape index (κ3) is 2.61. The molecule has 0 aliphatic carbocycles. The fourth-order valence-electron chi connectivity index (χ4n) is 1.66. The zero-order valence-corrected chi connectivity index (χ0v) is 11.5. The molecule has 2 N–H and O–H groups in total. The van der Waals surface area contributed by atoms with Crippen LogP contribution < -0.4 is 5.73 Å². The molecule has 0 aliphatic heterocycles. The van der Waals surface area contributed by atoms with Crippen LogP contribution in [0.25, 0.3) is 0 Å². The number of hydrogen-bond acceptors (Lipinski definition) is 2. The number of aromatic nitrogens is 2. The number of halogens is 1. The van der Waals surface area contributed by atoms with Gasteiger partial charge in [0.05, 0.1) is 16.4 Å². The van der Waals surface area contributed by atoms with Crippen molar-refractivity contribution in [2.24, 2.45) is 11.7 Å². The lowest BCUT2D eigenvalue weighted by Gasteiger charge is -2.22. The molecule has 0 amide bonds. The minimum Gasteiger partial charge on any atom is -0.330 e. The van der Waals surface area contributed by atoms with Crippen LogP contribution in [0.15, 0.2) is 10.7 Å². The van der Waals surface area contributed by atoms with Crippen molar-refractivity contribution in [3.8, 4) is 0 Å². The number of rotatable bonds is 4. The van der Waals surface area contributed by atoms with E-state index >= 15 is 0 Å². The summed E-state index contributed by atoms with van der Waals surface area (Å²) in [6.07, 6.45) is 1.87. The lowest BCUT2D eigenvalue weighted by Crippen LogP contribution is -2.20. The van der Waals surface area contributed by atoms with Crippen LogP contribution >= 0.6 is 15.9 Å². The Kier molecular flexibility index (Phi) is 4.34. The van der Waals surface area contributed by atoms with Gasteiger partial charge in [-0.2, -0.15) is 5.10 Å². The Morgan fingerprint density at radius 2 is 2.00 bits per heavy atom. The second kappa shape index (κ2) is 5.12. The van der Waals surface area contributed by atoms with Gasteiger partial charge in [-0.1, -0.05) is 13.8 Å². The Morgan fingerprint density at radius 1 is 1.40 bits per heavy atom. The van der Waals surface area contributed by atoms with Crippen molar-refractivity contribution in [3.05, 3.63) is 16.4 Å². The first kappa shape index (κ1) is 12.7. The van der Waals surface area contributed by atoms with Crippen LogP contribution in [-0.4, -0.2) is 16.3 Å². The van der Waals surface area contributed by atoms with Gasteiger partial charge < -0.3 is 5.73 Å². The second-order valence-electron chi connectivity index (χ2n) is 4.42. The zero-order valence-electron chi connectivity index (χ0n) is 9.87. The molecule has 1 aromatic heterocycles. The molecule has 0 aromatic carbocycles. The molecule has 3 nitrogen and oxygen atoms in total. The minimum atomic E-state index is 0.388. The van der Waals surface area contributed by atoms with Crippen LogP contribution in [0.2, 0.25) is 0 Å². The highest BCUT2D eigenvalue weighted by Gasteiger charge is 2.21. The van der Waals surface area contributed by atoms with E-state index in [-0.39, 0.29) is 0 Å². The number of nitrogens with zero attached hydrogens (tertiary/aromatic N) is 2. The molecule has 0 aliphatic rings. The molecule has 2 atom stereocenters. The van der Waals surface area contributed by atoms with Crippen LogP contribution in [0.4, 0.5) is 0 Å². The van der Waals surface area contributed by atoms with E-state index in [0.29, 0.717) is 24.4 Å². The van der Waals surface area contributed by atoms with E-state index in [1.54, 1.807) is 0 Å². The maximum absolute atomic E-state index is 5.71. The summed E-state index contributed by atoms with van der Waals surface area (Å²) in [6, 6.07) is 0.388. The maximum atomic E-state index is 5.71. The molecule has 1 aromatic rings. The summed E-state index contributed by atoms with van der Waals surface area (Å²) >= 11 is 3.56. The van der Waals surface area contributed by atoms with E-state index in [4.69, 9.17) is 5.73 Å². The Balaban J connectivity index is 3.06. The third-order valence-corrected chi connectivity index (χ3v) is 3.54. The first-order valence-corrected chi connectivity index (χ1v) is 6.21. The van der Waals surface area contributed by atoms with Gasteiger partial charge in [-0.25, -0.2) is 0 Å². The van der Waals surface area contributed by atoms with E-state index in [2.05, 4.69) is 53.4 Å². The summed E-state index contributed by atoms with van der Waals surface area (Å²) in [6.45, 7) is 9.37. The Bertz CT molecular complexity index is 320. The number of nitrogens with two attached hydrogens (primary N) is 1. The molecule has 0 saturated heterocycles. The molecule has 0 radical (unpaired) electrons. The summed E-state index contributed by atoms with van der Waals surface area (Å²) in [4.78, 5) is 0. The van der Waals surface area contributed by atoms with Gasteiger partial charge in [0.15, 0.2) is 0 Å². The van der Waals surface area contributed by atoms with Crippen molar-refractivity contribution in [3.63, 3.8) is 0 Å². The van der Waals surface area contributed by atoms with Gasteiger partial charge in [-0.05, 0) is 42.2 Å². The van der Waals surface area contributed by atoms with Crippen molar-refractivity contribution in [2.45, 2.75) is 39.7 Å². The highest BCUT2D eigenvalue weighted by atomic mass is 79.9. The highest BCUT2D eigenvalue weighted by Crippen LogP contribution is 2.31. The summed E-state index contributed by atoms with van der Waals surface area (Å²) in [5, 5.41) is 4.38. The fraction of sp³-hybridized carbons (Fsp3) is 0.727. The largest absolute Gasteiger partial charge is 0.330 e. The van der Waals surface area contributed by atoms with E-state index in [9.17, 15) is 0 Å². The Hall–Kier alpha value is -0.350. The lowest BCUT2D eigenvalue weighted by molar-refractivity contribution is 0.430. The smallest absolute Gasteiger partial charge is 0.0635 e. The van der Waals surface area contributed by atoms with Crippen molar-refractivity contribution >= 4 is 15.9 Å². The molecular formula is C11H20BrN3. The molecule has 1 rings (SSSR count). The molecule has 1 heterocycles. The monoisotopic (exact) mass is 273 g/mol. The summed E-state index contributed by atoms with van der Waals surface area (Å²) in [7, 11) is 0. The average Bonchev–Trinajstić information content (AvgIpc) is 2.58. The molecule has 0 bridgehead atoms. The van der Waals surface area contributed by atoms with Crippen LogP contribution in [0.3, 0.4) is 0 Å². The molecule has 2 unspecified atom stereocenters. The van der Waals surface area contributed by atoms with Crippen molar-refractivity contribution in [1.29, 1.82) is 0 Å². The zero-order chi connectivity index (χ0) is 11.6. The van der Waals surface area contributed by atoms with E-state index < -0.39 is 0 Å². The second-order valence-corrected chi connectivity index (χ2v) is 5.27. The van der Waals surface area contributed by atoms with Crippen molar-refractivity contribution in [1.82, 2.24) is 9.78 Å². The van der Waals surface area contributed by atoms with Crippen LogP contribution in [0.5, 0.6) is 0 Å². The first-order valence-electron chi connectivity index (χ1n) is 5.42. The molecule has 86 valence electrons. The summed E-state index contributed by atoms with van der Waals surface area (Å²) in [5.74, 6) is 0.893. The predicted octanol–water partition coefficient (Wildman–Crippen LogP) is 2.92. The van der Waals surface area contributed by atoms with Crippen molar-refractivity contribution < 1.29 is 0 Å². The molecule has 0 spiro atoms. The van der Waals surface area contributed by atoms with Gasteiger partial charge in [-0.3, -0.25) is 4.68 Å². The average molecular weight is 274 g/mol. The fourth-order valence-corrected chi connectivity index (χ4v) is 2.30. The third-order valence-electron chi connectivity index (χ3n) is 2.93. The van der Waals surface area contributed by atoms with Gasteiger partial charge in [0.1, 0.15) is 0 Å². The summed E-state index contributed by atoms with van der Waals surface area (Å²) < 4.78 is 3.16.